The van der Waals surface area contributed by atoms with Gasteiger partial charge in [-0.25, -0.2) is 18.0 Å². The SMILES string of the molecule is Cl.O=C1N[C@@H](c2ccc(F)cc2C(F)(F)F)C(F)(F)CO1. The van der Waals surface area contributed by atoms with Crippen molar-refractivity contribution in [2.75, 3.05) is 6.61 Å². The van der Waals surface area contributed by atoms with Crippen LogP contribution in [0.5, 0.6) is 0 Å². The Morgan fingerprint density at radius 3 is 2.48 bits per heavy atom. The minimum Gasteiger partial charge on any atom is -0.443 e. The molecule has 0 bridgehead atoms. The largest absolute Gasteiger partial charge is 0.443 e. The van der Waals surface area contributed by atoms with Crippen LogP contribution in [0.4, 0.5) is 31.1 Å². The average Bonchev–Trinajstić information content (AvgIpc) is 2.31. The molecule has 1 fully saturated rings. The number of halogens is 7. The van der Waals surface area contributed by atoms with E-state index >= 15 is 0 Å². The summed E-state index contributed by atoms with van der Waals surface area (Å²) >= 11 is 0. The summed E-state index contributed by atoms with van der Waals surface area (Å²) in [5.41, 5.74) is -2.48. The summed E-state index contributed by atoms with van der Waals surface area (Å²) in [5, 5.41) is 1.62. The van der Waals surface area contributed by atoms with Gasteiger partial charge in [0.2, 0.25) is 0 Å². The van der Waals surface area contributed by atoms with E-state index in [2.05, 4.69) is 4.74 Å². The van der Waals surface area contributed by atoms with Gasteiger partial charge in [0.25, 0.3) is 0 Å². The molecule has 10 heteroatoms. The highest BCUT2D eigenvalue weighted by atomic mass is 35.5. The zero-order valence-electron chi connectivity index (χ0n) is 10.0. The van der Waals surface area contributed by atoms with Crippen molar-refractivity contribution < 1.29 is 35.9 Å². The molecule has 1 saturated heterocycles. The van der Waals surface area contributed by atoms with Gasteiger partial charge in [-0.05, 0) is 17.7 Å². The third-order valence-electron chi connectivity index (χ3n) is 2.71. The summed E-state index contributed by atoms with van der Waals surface area (Å²) in [4.78, 5) is 10.9. The first-order chi connectivity index (χ1) is 9.11. The molecule has 0 spiro atoms. The van der Waals surface area contributed by atoms with Crippen LogP contribution in [0.3, 0.4) is 0 Å². The van der Waals surface area contributed by atoms with Crippen molar-refractivity contribution in [3.63, 3.8) is 0 Å². The molecule has 1 aliphatic rings. The molecule has 21 heavy (non-hydrogen) atoms. The molecular formula is C11H8ClF6NO2. The number of alkyl halides is 5. The number of carbonyl (C=O) groups is 1. The minimum atomic E-state index is -5.03. The van der Waals surface area contributed by atoms with E-state index in [0.717, 1.165) is 0 Å². The molecule has 1 amide bonds. The Hall–Kier alpha value is -1.64. The van der Waals surface area contributed by atoms with Gasteiger partial charge in [0.15, 0.2) is 6.61 Å². The maximum Gasteiger partial charge on any atom is 0.416 e. The first-order valence-electron chi connectivity index (χ1n) is 5.29. The van der Waals surface area contributed by atoms with Crippen molar-refractivity contribution in [2.45, 2.75) is 18.1 Å². The number of alkyl carbamates (subject to hydrolysis) is 1. The normalized spacial score (nSPS) is 21.0. The summed E-state index contributed by atoms with van der Waals surface area (Å²) in [6, 6.07) is -0.946. The third kappa shape index (κ3) is 3.52. The number of hydrogen-bond acceptors (Lipinski definition) is 2. The van der Waals surface area contributed by atoms with Gasteiger partial charge in [0, 0.05) is 0 Å². The molecule has 118 valence electrons. The van der Waals surface area contributed by atoms with Gasteiger partial charge in [-0.1, -0.05) is 6.07 Å². The average molecular weight is 336 g/mol. The maximum absolute atomic E-state index is 13.6. The van der Waals surface area contributed by atoms with E-state index < -0.39 is 47.8 Å². The van der Waals surface area contributed by atoms with Gasteiger partial charge in [-0.15, -0.1) is 12.4 Å². The number of carbonyl (C=O) groups excluding carboxylic acids is 1. The summed E-state index contributed by atoms with van der Waals surface area (Å²) < 4.78 is 82.5. The summed E-state index contributed by atoms with van der Waals surface area (Å²) in [5.74, 6) is -4.96. The summed E-state index contributed by atoms with van der Waals surface area (Å²) in [6.07, 6.45) is -6.30. The van der Waals surface area contributed by atoms with Gasteiger partial charge < -0.3 is 10.1 Å². The molecule has 1 heterocycles. The van der Waals surface area contributed by atoms with Crippen LogP contribution in [0.1, 0.15) is 17.2 Å². The van der Waals surface area contributed by atoms with E-state index in [1.54, 1.807) is 5.32 Å². The van der Waals surface area contributed by atoms with Crippen molar-refractivity contribution in [3.8, 4) is 0 Å². The van der Waals surface area contributed by atoms with Gasteiger partial charge in [-0.3, -0.25) is 0 Å². The summed E-state index contributed by atoms with van der Waals surface area (Å²) in [6.45, 7) is -1.35. The number of benzene rings is 1. The number of amides is 1. The van der Waals surface area contributed by atoms with Crippen molar-refractivity contribution in [2.24, 2.45) is 0 Å². The van der Waals surface area contributed by atoms with Crippen LogP contribution in [0.15, 0.2) is 18.2 Å². The molecule has 1 aromatic carbocycles. The zero-order valence-corrected chi connectivity index (χ0v) is 10.8. The van der Waals surface area contributed by atoms with E-state index in [-0.39, 0.29) is 18.5 Å². The maximum atomic E-state index is 13.6. The highest BCUT2D eigenvalue weighted by molar-refractivity contribution is 5.85. The lowest BCUT2D eigenvalue weighted by atomic mass is 9.94. The molecule has 0 saturated carbocycles. The number of ether oxygens (including phenoxy) is 1. The highest BCUT2D eigenvalue weighted by Crippen LogP contribution is 2.41. The number of nitrogens with one attached hydrogen (secondary N) is 1. The van der Waals surface area contributed by atoms with Gasteiger partial charge in [0.1, 0.15) is 11.9 Å². The van der Waals surface area contributed by atoms with E-state index in [1.807, 2.05) is 0 Å². The Morgan fingerprint density at radius 2 is 1.90 bits per heavy atom. The monoisotopic (exact) mass is 335 g/mol. The van der Waals surface area contributed by atoms with Crippen LogP contribution >= 0.6 is 12.4 Å². The second-order valence-electron chi connectivity index (χ2n) is 4.14. The summed E-state index contributed by atoms with van der Waals surface area (Å²) in [7, 11) is 0. The van der Waals surface area contributed by atoms with E-state index in [4.69, 9.17) is 0 Å². The van der Waals surface area contributed by atoms with Crippen LogP contribution in [0.2, 0.25) is 0 Å². The molecular weight excluding hydrogens is 328 g/mol. The molecule has 0 aromatic heterocycles. The lowest BCUT2D eigenvalue weighted by Gasteiger charge is -2.33. The first kappa shape index (κ1) is 17.4. The lowest BCUT2D eigenvalue weighted by Crippen LogP contribution is -2.50. The Kier molecular flexibility index (Phi) is 4.66. The van der Waals surface area contributed by atoms with Crippen LogP contribution in [0.25, 0.3) is 0 Å². The Balaban J connectivity index is 0.00000220. The second-order valence-corrected chi connectivity index (χ2v) is 4.14. The molecule has 3 nitrogen and oxygen atoms in total. The van der Waals surface area contributed by atoms with Gasteiger partial charge in [-0.2, -0.15) is 13.2 Å². The van der Waals surface area contributed by atoms with Crippen molar-refractivity contribution >= 4 is 18.5 Å². The highest BCUT2D eigenvalue weighted by Gasteiger charge is 2.49. The topological polar surface area (TPSA) is 38.3 Å². The predicted octanol–water partition coefficient (Wildman–Crippen LogP) is 3.68. The van der Waals surface area contributed by atoms with Gasteiger partial charge in [0.05, 0.1) is 5.56 Å². The molecule has 1 atom stereocenters. The fourth-order valence-electron chi connectivity index (χ4n) is 1.84. The third-order valence-corrected chi connectivity index (χ3v) is 2.71. The molecule has 0 radical (unpaired) electrons. The van der Waals surface area contributed by atoms with E-state index in [1.165, 1.54) is 0 Å². The second kappa shape index (κ2) is 5.63. The Bertz CT molecular complexity index is 548. The first-order valence-corrected chi connectivity index (χ1v) is 5.29. The van der Waals surface area contributed by atoms with E-state index in [9.17, 15) is 31.1 Å². The fourth-order valence-corrected chi connectivity index (χ4v) is 1.84. The number of rotatable bonds is 1. The molecule has 1 aliphatic heterocycles. The van der Waals surface area contributed by atoms with Crippen LogP contribution in [0, 0.1) is 5.82 Å². The molecule has 1 aromatic rings. The predicted molar refractivity (Wildman–Crippen MR) is 60.8 cm³/mol. The lowest BCUT2D eigenvalue weighted by molar-refractivity contribution is -0.142. The van der Waals surface area contributed by atoms with Gasteiger partial charge >= 0.3 is 18.2 Å². The molecule has 0 aliphatic carbocycles. The van der Waals surface area contributed by atoms with Crippen LogP contribution in [-0.2, 0) is 10.9 Å². The fraction of sp³-hybridized carbons (Fsp3) is 0.364. The smallest absolute Gasteiger partial charge is 0.416 e. The Morgan fingerprint density at radius 1 is 1.29 bits per heavy atom. The minimum absolute atomic E-state index is 0. The van der Waals surface area contributed by atoms with Crippen LogP contribution < -0.4 is 5.32 Å². The van der Waals surface area contributed by atoms with Crippen molar-refractivity contribution in [1.82, 2.24) is 5.32 Å². The van der Waals surface area contributed by atoms with Crippen molar-refractivity contribution in [3.05, 3.63) is 35.1 Å². The zero-order chi connectivity index (χ0) is 15.1. The van der Waals surface area contributed by atoms with E-state index in [0.29, 0.717) is 12.1 Å². The Labute approximate surface area is 120 Å². The molecule has 0 unspecified atom stereocenters. The number of hydrogen-bond donors (Lipinski definition) is 1. The molecule has 2 rings (SSSR count). The molecule has 1 N–H and O–H groups in total. The standard InChI is InChI=1S/C11H7F6NO2.ClH/c12-5-1-2-6(7(3-5)11(15,16)17)8-10(13,14)4-20-9(19)18-8;/h1-3,8H,4H2,(H,18,19);1H/t8-;/m0./s1. The van der Waals surface area contributed by atoms with Crippen LogP contribution in [-0.4, -0.2) is 18.6 Å². The van der Waals surface area contributed by atoms with Crippen molar-refractivity contribution in [1.29, 1.82) is 0 Å². The number of cyclic esters (lactones) is 1. The quantitative estimate of drug-likeness (QED) is 0.795.